The molecule has 0 bridgehead atoms. The zero-order valence-corrected chi connectivity index (χ0v) is 10.0. The van der Waals surface area contributed by atoms with Crippen LogP contribution in [0.1, 0.15) is 40.7 Å². The van der Waals surface area contributed by atoms with Gasteiger partial charge in [0.2, 0.25) is 5.89 Å². The van der Waals surface area contributed by atoms with E-state index in [1.807, 2.05) is 13.8 Å². The summed E-state index contributed by atoms with van der Waals surface area (Å²) in [6, 6.07) is -0.148. The molecule has 2 N–H and O–H groups in total. The minimum absolute atomic E-state index is 0.0540. The van der Waals surface area contributed by atoms with Gasteiger partial charge in [-0.15, -0.1) is 0 Å². The summed E-state index contributed by atoms with van der Waals surface area (Å²) in [5.74, 6) is 0.485. The number of carbonyl (C=O) groups is 1. The molecule has 1 unspecified atom stereocenters. The molecule has 0 saturated carbocycles. The fourth-order valence-electron chi connectivity index (χ4n) is 1.47. The van der Waals surface area contributed by atoms with Crippen LogP contribution < -0.4 is 5.32 Å². The summed E-state index contributed by atoms with van der Waals surface area (Å²) < 4.78 is 10.2. The Morgan fingerprint density at radius 2 is 2.33 bits per heavy atom. The summed E-state index contributed by atoms with van der Waals surface area (Å²) in [6.45, 7) is 3.91. The lowest BCUT2D eigenvalue weighted by Crippen LogP contribution is -2.19. The van der Waals surface area contributed by atoms with Crippen LogP contribution in [0.2, 0.25) is 0 Å². The highest BCUT2D eigenvalue weighted by molar-refractivity contribution is 5.88. The standard InChI is InChI=1S/C11H13N3O4/c1-6-3-13-10(17-6)7(2)12-5-9-8(11(15)16)4-14-18-9/h3-4,7,12H,5H2,1-2H3,(H,15,16). The van der Waals surface area contributed by atoms with Gasteiger partial charge in [0.1, 0.15) is 11.3 Å². The largest absolute Gasteiger partial charge is 0.478 e. The lowest BCUT2D eigenvalue weighted by molar-refractivity contribution is 0.0694. The van der Waals surface area contributed by atoms with Gasteiger partial charge in [0.15, 0.2) is 5.76 Å². The van der Waals surface area contributed by atoms with Gasteiger partial charge in [-0.25, -0.2) is 9.78 Å². The lowest BCUT2D eigenvalue weighted by Gasteiger charge is -2.08. The maximum absolute atomic E-state index is 10.8. The molecular weight excluding hydrogens is 238 g/mol. The van der Waals surface area contributed by atoms with E-state index in [2.05, 4.69) is 15.5 Å². The van der Waals surface area contributed by atoms with E-state index in [0.29, 0.717) is 5.89 Å². The zero-order chi connectivity index (χ0) is 13.1. The van der Waals surface area contributed by atoms with E-state index in [0.717, 1.165) is 5.76 Å². The van der Waals surface area contributed by atoms with E-state index in [4.69, 9.17) is 14.0 Å². The van der Waals surface area contributed by atoms with Crippen molar-refractivity contribution in [3.05, 3.63) is 35.4 Å². The highest BCUT2D eigenvalue weighted by Crippen LogP contribution is 2.14. The molecule has 0 aliphatic rings. The maximum atomic E-state index is 10.8. The van der Waals surface area contributed by atoms with Gasteiger partial charge in [-0.05, 0) is 13.8 Å². The maximum Gasteiger partial charge on any atom is 0.341 e. The Morgan fingerprint density at radius 1 is 1.56 bits per heavy atom. The normalized spacial score (nSPS) is 12.6. The van der Waals surface area contributed by atoms with E-state index in [9.17, 15) is 4.79 Å². The smallest absolute Gasteiger partial charge is 0.341 e. The van der Waals surface area contributed by atoms with Gasteiger partial charge in [0, 0.05) is 0 Å². The number of carboxylic acids is 1. The minimum Gasteiger partial charge on any atom is -0.478 e. The predicted molar refractivity (Wildman–Crippen MR) is 60.0 cm³/mol. The van der Waals surface area contributed by atoms with E-state index in [-0.39, 0.29) is 23.9 Å². The van der Waals surface area contributed by atoms with Gasteiger partial charge in [-0.2, -0.15) is 0 Å². The molecule has 0 amide bonds. The second kappa shape index (κ2) is 5.01. The molecule has 96 valence electrons. The average molecular weight is 251 g/mol. The van der Waals surface area contributed by atoms with E-state index in [1.165, 1.54) is 6.20 Å². The van der Waals surface area contributed by atoms with E-state index < -0.39 is 5.97 Å². The second-order valence-corrected chi connectivity index (χ2v) is 3.88. The van der Waals surface area contributed by atoms with Crippen LogP contribution in [-0.4, -0.2) is 21.2 Å². The van der Waals surface area contributed by atoms with Crippen molar-refractivity contribution in [1.82, 2.24) is 15.5 Å². The Labute approximate surface area is 103 Å². The van der Waals surface area contributed by atoms with Crippen LogP contribution in [0.3, 0.4) is 0 Å². The Morgan fingerprint density at radius 3 is 2.94 bits per heavy atom. The topological polar surface area (TPSA) is 101 Å². The van der Waals surface area contributed by atoms with Gasteiger partial charge in [0.25, 0.3) is 0 Å². The summed E-state index contributed by atoms with van der Waals surface area (Å²) in [4.78, 5) is 14.9. The first-order chi connectivity index (χ1) is 8.58. The van der Waals surface area contributed by atoms with Crippen LogP contribution in [0.5, 0.6) is 0 Å². The third-order valence-electron chi connectivity index (χ3n) is 2.45. The summed E-state index contributed by atoms with van der Waals surface area (Å²) in [5, 5.41) is 15.4. The molecule has 2 rings (SSSR count). The third kappa shape index (κ3) is 2.57. The fourth-order valence-corrected chi connectivity index (χ4v) is 1.47. The van der Waals surface area contributed by atoms with E-state index in [1.54, 1.807) is 6.20 Å². The number of carboxylic acid groups (broad SMARTS) is 1. The van der Waals surface area contributed by atoms with Crippen LogP contribution >= 0.6 is 0 Å². The molecule has 0 fully saturated rings. The summed E-state index contributed by atoms with van der Waals surface area (Å²) in [6.07, 6.45) is 2.81. The van der Waals surface area contributed by atoms with Gasteiger partial charge in [-0.3, -0.25) is 5.32 Å². The first kappa shape index (κ1) is 12.3. The molecule has 0 spiro atoms. The fraction of sp³-hybridized carbons (Fsp3) is 0.364. The van der Waals surface area contributed by atoms with Crippen molar-refractivity contribution in [3.8, 4) is 0 Å². The molecule has 2 heterocycles. The molecule has 7 nitrogen and oxygen atoms in total. The number of hydrogen-bond donors (Lipinski definition) is 2. The van der Waals surface area contributed by atoms with Gasteiger partial charge in [-0.1, -0.05) is 5.16 Å². The molecule has 7 heteroatoms. The Kier molecular flexibility index (Phi) is 3.42. The molecule has 0 radical (unpaired) electrons. The molecule has 2 aromatic rings. The molecule has 0 saturated heterocycles. The number of aromatic nitrogens is 2. The molecule has 0 aliphatic heterocycles. The molecule has 0 aromatic carbocycles. The van der Waals surface area contributed by atoms with Crippen LogP contribution in [0.15, 0.2) is 21.3 Å². The SMILES string of the molecule is Cc1cnc(C(C)NCc2oncc2C(=O)O)o1. The Hall–Kier alpha value is -2.15. The van der Waals surface area contributed by atoms with Gasteiger partial charge in [0.05, 0.1) is 25.0 Å². The zero-order valence-electron chi connectivity index (χ0n) is 10.0. The van der Waals surface area contributed by atoms with Crippen LogP contribution in [-0.2, 0) is 6.54 Å². The average Bonchev–Trinajstić information content (AvgIpc) is 2.94. The van der Waals surface area contributed by atoms with Crippen LogP contribution in [0.4, 0.5) is 0 Å². The lowest BCUT2D eigenvalue weighted by atomic mass is 10.2. The summed E-state index contributed by atoms with van der Waals surface area (Å²) >= 11 is 0. The van der Waals surface area contributed by atoms with Crippen molar-refractivity contribution in [3.63, 3.8) is 0 Å². The van der Waals surface area contributed by atoms with Crippen molar-refractivity contribution in [2.24, 2.45) is 0 Å². The first-order valence-corrected chi connectivity index (χ1v) is 5.40. The van der Waals surface area contributed by atoms with Crippen LogP contribution in [0.25, 0.3) is 0 Å². The van der Waals surface area contributed by atoms with E-state index >= 15 is 0 Å². The predicted octanol–water partition coefficient (Wildman–Crippen LogP) is 1.52. The summed E-state index contributed by atoms with van der Waals surface area (Å²) in [5.41, 5.74) is 0.0540. The number of rotatable bonds is 5. The van der Waals surface area contributed by atoms with Crippen LogP contribution in [0, 0.1) is 6.92 Å². The van der Waals surface area contributed by atoms with Crippen molar-refractivity contribution in [1.29, 1.82) is 0 Å². The number of nitrogens with zero attached hydrogens (tertiary/aromatic N) is 2. The molecular formula is C11H13N3O4. The molecule has 18 heavy (non-hydrogen) atoms. The van der Waals surface area contributed by atoms with Crippen molar-refractivity contribution >= 4 is 5.97 Å². The Balaban J connectivity index is 1.99. The minimum atomic E-state index is -1.06. The monoisotopic (exact) mass is 251 g/mol. The second-order valence-electron chi connectivity index (χ2n) is 3.88. The highest BCUT2D eigenvalue weighted by Gasteiger charge is 2.17. The van der Waals surface area contributed by atoms with Gasteiger partial charge < -0.3 is 14.0 Å². The van der Waals surface area contributed by atoms with Crippen molar-refractivity contribution in [2.45, 2.75) is 26.4 Å². The number of aryl methyl sites for hydroxylation is 1. The Bertz CT molecular complexity index is 546. The van der Waals surface area contributed by atoms with Crippen molar-refractivity contribution < 1.29 is 18.8 Å². The summed E-state index contributed by atoms with van der Waals surface area (Å²) in [7, 11) is 0. The molecule has 2 aromatic heterocycles. The van der Waals surface area contributed by atoms with Gasteiger partial charge >= 0.3 is 5.97 Å². The first-order valence-electron chi connectivity index (χ1n) is 5.40. The molecule has 0 aliphatic carbocycles. The molecule has 1 atom stereocenters. The number of hydrogen-bond acceptors (Lipinski definition) is 6. The highest BCUT2D eigenvalue weighted by atomic mass is 16.5. The number of aromatic carboxylic acids is 1. The quantitative estimate of drug-likeness (QED) is 0.830. The third-order valence-corrected chi connectivity index (χ3v) is 2.45. The number of nitrogens with one attached hydrogen (secondary N) is 1. The number of oxazole rings is 1. The van der Waals surface area contributed by atoms with Crippen molar-refractivity contribution in [2.75, 3.05) is 0 Å².